The molecule has 0 fully saturated rings. The molecule has 1 heterocycles. The van der Waals surface area contributed by atoms with Crippen molar-refractivity contribution in [3.63, 3.8) is 0 Å². The van der Waals surface area contributed by atoms with Crippen molar-refractivity contribution in [1.29, 1.82) is 0 Å². The highest BCUT2D eigenvalue weighted by Gasteiger charge is 2.17. The molecule has 1 aromatic rings. The first-order chi connectivity index (χ1) is 8.87. The summed E-state index contributed by atoms with van der Waals surface area (Å²) >= 11 is 0. The number of rotatable bonds is 7. The van der Waals surface area contributed by atoms with Crippen LogP contribution in [-0.2, 0) is 10.0 Å². The summed E-state index contributed by atoms with van der Waals surface area (Å²) in [5.74, 6) is 0.958. The Morgan fingerprint density at radius 3 is 2.58 bits per heavy atom. The molecule has 1 rings (SSSR count). The van der Waals surface area contributed by atoms with Crippen LogP contribution >= 0.6 is 0 Å². The van der Waals surface area contributed by atoms with Gasteiger partial charge in [-0.25, -0.2) is 17.7 Å². The van der Waals surface area contributed by atoms with E-state index in [1.54, 1.807) is 6.07 Å². The molecule has 0 aliphatic heterocycles. The maximum atomic E-state index is 11.8. The second-order valence-electron chi connectivity index (χ2n) is 4.66. The Balaban J connectivity index is 2.67. The topological polar surface area (TPSA) is 82.5 Å². The number of anilines is 1. The van der Waals surface area contributed by atoms with Gasteiger partial charge < -0.3 is 10.4 Å². The monoisotopic (exact) mass is 287 g/mol. The van der Waals surface area contributed by atoms with Crippen molar-refractivity contribution in [2.45, 2.75) is 18.2 Å². The van der Waals surface area contributed by atoms with Crippen LogP contribution in [0.5, 0.6) is 0 Å². The van der Waals surface area contributed by atoms with E-state index in [1.165, 1.54) is 26.4 Å². The molecule has 0 bridgehead atoms. The number of nitrogens with one attached hydrogen (secondary N) is 1. The molecule has 1 aromatic heterocycles. The van der Waals surface area contributed by atoms with Crippen molar-refractivity contribution < 1.29 is 13.5 Å². The highest BCUT2D eigenvalue weighted by Crippen LogP contribution is 2.14. The Kier molecular flexibility index (Phi) is 5.71. The quantitative estimate of drug-likeness (QED) is 0.774. The van der Waals surface area contributed by atoms with E-state index in [9.17, 15) is 8.42 Å². The fraction of sp³-hybridized carbons (Fsp3) is 0.583. The number of hydrogen-bond acceptors (Lipinski definition) is 5. The lowest BCUT2D eigenvalue weighted by atomic mass is 10.1. The van der Waals surface area contributed by atoms with Gasteiger partial charge in [0.2, 0.25) is 10.0 Å². The zero-order chi connectivity index (χ0) is 14.5. The predicted octanol–water partition coefficient (Wildman–Crippen LogP) is 0.762. The van der Waals surface area contributed by atoms with E-state index >= 15 is 0 Å². The molecule has 0 aliphatic carbocycles. The van der Waals surface area contributed by atoms with Gasteiger partial charge in [0, 0.05) is 33.4 Å². The second-order valence-corrected chi connectivity index (χ2v) is 6.82. The van der Waals surface area contributed by atoms with Gasteiger partial charge in [0.05, 0.1) is 0 Å². The lowest BCUT2D eigenvalue weighted by Gasteiger charge is -2.13. The molecule has 0 saturated heterocycles. The summed E-state index contributed by atoms with van der Waals surface area (Å²) in [6, 6.07) is 3.17. The van der Waals surface area contributed by atoms with Gasteiger partial charge in [-0.3, -0.25) is 0 Å². The zero-order valence-electron chi connectivity index (χ0n) is 11.5. The Labute approximate surface area is 114 Å². The standard InChI is InChI=1S/C12H21N3O3S/c1-10(6-7-16)8-13-12-5-4-11(9-14-12)19(17,18)15(2)3/h4-5,9-10,16H,6-8H2,1-3H3,(H,13,14). The predicted molar refractivity (Wildman–Crippen MR) is 74.5 cm³/mol. The molecule has 0 aromatic carbocycles. The van der Waals surface area contributed by atoms with Crippen LogP contribution < -0.4 is 5.32 Å². The second kappa shape index (κ2) is 6.83. The summed E-state index contributed by atoms with van der Waals surface area (Å²) in [7, 11) is -0.455. The van der Waals surface area contributed by atoms with Crippen LogP contribution in [0.4, 0.5) is 5.82 Å². The highest BCUT2D eigenvalue weighted by molar-refractivity contribution is 7.89. The van der Waals surface area contributed by atoms with Crippen LogP contribution in [0.15, 0.2) is 23.2 Å². The van der Waals surface area contributed by atoms with Gasteiger partial charge in [0.25, 0.3) is 0 Å². The molecule has 2 N–H and O–H groups in total. The largest absolute Gasteiger partial charge is 0.396 e. The van der Waals surface area contributed by atoms with E-state index in [-0.39, 0.29) is 11.5 Å². The number of aliphatic hydroxyl groups excluding tert-OH is 1. The zero-order valence-corrected chi connectivity index (χ0v) is 12.3. The number of hydrogen-bond donors (Lipinski definition) is 2. The lowest BCUT2D eigenvalue weighted by Crippen LogP contribution is -2.22. The van der Waals surface area contributed by atoms with Crippen molar-refractivity contribution in [2.75, 3.05) is 32.6 Å². The SMILES string of the molecule is CC(CCO)CNc1ccc(S(=O)(=O)N(C)C)cn1. The van der Waals surface area contributed by atoms with E-state index in [0.29, 0.717) is 18.3 Å². The van der Waals surface area contributed by atoms with Crippen molar-refractivity contribution in [1.82, 2.24) is 9.29 Å². The summed E-state index contributed by atoms with van der Waals surface area (Å²) in [5.41, 5.74) is 0. The molecule has 108 valence electrons. The number of sulfonamides is 1. The minimum absolute atomic E-state index is 0.163. The van der Waals surface area contributed by atoms with E-state index in [2.05, 4.69) is 10.3 Å². The van der Waals surface area contributed by atoms with Crippen molar-refractivity contribution in [3.8, 4) is 0 Å². The molecule has 0 radical (unpaired) electrons. The average molecular weight is 287 g/mol. The fourth-order valence-electron chi connectivity index (χ4n) is 1.45. The van der Waals surface area contributed by atoms with Gasteiger partial charge in [0.1, 0.15) is 10.7 Å². The Hall–Kier alpha value is -1.18. The molecule has 6 nitrogen and oxygen atoms in total. The van der Waals surface area contributed by atoms with E-state index in [0.717, 1.165) is 10.7 Å². The Morgan fingerprint density at radius 2 is 2.11 bits per heavy atom. The van der Waals surface area contributed by atoms with Crippen molar-refractivity contribution >= 4 is 15.8 Å². The summed E-state index contributed by atoms with van der Waals surface area (Å²) in [6.45, 7) is 2.87. The molecule has 1 atom stereocenters. The summed E-state index contributed by atoms with van der Waals surface area (Å²) in [6.07, 6.45) is 2.06. The lowest BCUT2D eigenvalue weighted by molar-refractivity contribution is 0.266. The van der Waals surface area contributed by atoms with Gasteiger partial charge in [-0.05, 0) is 24.5 Å². The maximum absolute atomic E-state index is 11.8. The van der Waals surface area contributed by atoms with E-state index in [1.807, 2.05) is 6.92 Å². The molecule has 7 heteroatoms. The molecule has 0 spiro atoms. The van der Waals surface area contributed by atoms with Crippen LogP contribution in [0, 0.1) is 5.92 Å². The Bertz CT molecular complexity index is 485. The molecule has 0 aliphatic rings. The number of pyridine rings is 1. The van der Waals surface area contributed by atoms with Crippen LogP contribution in [0.2, 0.25) is 0 Å². The number of nitrogens with zero attached hydrogens (tertiary/aromatic N) is 2. The third-order valence-corrected chi connectivity index (χ3v) is 4.57. The Morgan fingerprint density at radius 1 is 1.42 bits per heavy atom. The minimum Gasteiger partial charge on any atom is -0.396 e. The fourth-order valence-corrected chi connectivity index (χ4v) is 2.30. The summed E-state index contributed by atoms with van der Waals surface area (Å²) in [5, 5.41) is 11.9. The van der Waals surface area contributed by atoms with Gasteiger partial charge in [-0.15, -0.1) is 0 Å². The first kappa shape index (κ1) is 15.9. The van der Waals surface area contributed by atoms with Crippen LogP contribution in [-0.4, -0.2) is 50.1 Å². The van der Waals surface area contributed by atoms with E-state index < -0.39 is 10.0 Å². The molecular weight excluding hydrogens is 266 g/mol. The molecule has 0 saturated carbocycles. The van der Waals surface area contributed by atoms with Crippen LogP contribution in [0.1, 0.15) is 13.3 Å². The molecule has 0 amide bonds. The molecule has 1 unspecified atom stereocenters. The third-order valence-electron chi connectivity index (χ3n) is 2.77. The molecule has 19 heavy (non-hydrogen) atoms. The smallest absolute Gasteiger partial charge is 0.244 e. The van der Waals surface area contributed by atoms with E-state index in [4.69, 9.17) is 5.11 Å². The maximum Gasteiger partial charge on any atom is 0.244 e. The highest BCUT2D eigenvalue weighted by atomic mass is 32.2. The number of aliphatic hydroxyl groups is 1. The first-order valence-corrected chi connectivity index (χ1v) is 7.55. The van der Waals surface area contributed by atoms with Gasteiger partial charge in [-0.1, -0.05) is 6.92 Å². The van der Waals surface area contributed by atoms with Crippen molar-refractivity contribution in [3.05, 3.63) is 18.3 Å². The van der Waals surface area contributed by atoms with Crippen LogP contribution in [0.25, 0.3) is 0 Å². The first-order valence-electron chi connectivity index (χ1n) is 6.11. The normalized spacial score (nSPS) is 13.5. The average Bonchev–Trinajstić information content (AvgIpc) is 2.37. The van der Waals surface area contributed by atoms with Gasteiger partial charge in [-0.2, -0.15) is 0 Å². The van der Waals surface area contributed by atoms with Gasteiger partial charge in [0.15, 0.2) is 0 Å². The number of aromatic nitrogens is 1. The van der Waals surface area contributed by atoms with Gasteiger partial charge >= 0.3 is 0 Å². The minimum atomic E-state index is -3.42. The van der Waals surface area contributed by atoms with Crippen molar-refractivity contribution in [2.24, 2.45) is 5.92 Å². The van der Waals surface area contributed by atoms with Crippen LogP contribution in [0.3, 0.4) is 0 Å². The molecular formula is C12H21N3O3S. The summed E-state index contributed by atoms with van der Waals surface area (Å²) < 4.78 is 24.8. The summed E-state index contributed by atoms with van der Waals surface area (Å²) in [4.78, 5) is 4.25. The third kappa shape index (κ3) is 4.45.